The molecule has 0 atom stereocenters. The van der Waals surface area contributed by atoms with Crippen molar-refractivity contribution in [3.05, 3.63) is 30.1 Å². The molecule has 10 heteroatoms. The van der Waals surface area contributed by atoms with Crippen LogP contribution in [0.25, 0.3) is 0 Å². The molecule has 160 valence electrons. The van der Waals surface area contributed by atoms with Crippen molar-refractivity contribution in [3.8, 4) is 0 Å². The normalized spacial score (nSPS) is 16.5. The minimum atomic E-state index is -3.10. The van der Waals surface area contributed by atoms with Gasteiger partial charge in [0.2, 0.25) is 10.0 Å². The van der Waals surface area contributed by atoms with Crippen molar-refractivity contribution >= 4 is 51.7 Å². The van der Waals surface area contributed by atoms with E-state index in [4.69, 9.17) is 0 Å². The molecule has 0 radical (unpaired) electrons. The molecule has 1 fully saturated rings. The molecular weight excluding hydrogens is 514 g/mol. The number of guanidine groups is 1. The predicted molar refractivity (Wildman–Crippen MR) is 126 cm³/mol. The summed E-state index contributed by atoms with van der Waals surface area (Å²) in [7, 11) is -1.38. The first-order valence-electron chi connectivity index (χ1n) is 9.28. The minimum absolute atomic E-state index is 0. The van der Waals surface area contributed by atoms with Gasteiger partial charge in [0.15, 0.2) is 5.96 Å². The molecule has 6 nitrogen and oxygen atoms in total. The molecule has 0 aromatic heterocycles. The van der Waals surface area contributed by atoms with Gasteiger partial charge in [0.25, 0.3) is 0 Å². The van der Waals surface area contributed by atoms with Crippen molar-refractivity contribution in [2.75, 3.05) is 38.2 Å². The number of benzene rings is 1. The van der Waals surface area contributed by atoms with Crippen LogP contribution in [0.3, 0.4) is 0 Å². The average Bonchev–Trinajstić information content (AvgIpc) is 2.66. The lowest BCUT2D eigenvalue weighted by Gasteiger charge is -2.32. The predicted octanol–water partition coefficient (Wildman–Crippen LogP) is 2.91. The van der Waals surface area contributed by atoms with E-state index in [0.29, 0.717) is 19.5 Å². The molecule has 0 saturated carbocycles. The maximum atomic E-state index is 12.9. The highest BCUT2D eigenvalue weighted by Gasteiger charge is 2.27. The highest BCUT2D eigenvalue weighted by atomic mass is 127. The summed E-state index contributed by atoms with van der Waals surface area (Å²) in [6.45, 7) is 3.72. The fourth-order valence-electron chi connectivity index (χ4n) is 2.92. The van der Waals surface area contributed by atoms with E-state index in [1.807, 2.05) is 6.92 Å². The van der Waals surface area contributed by atoms with Crippen molar-refractivity contribution < 1.29 is 12.8 Å². The van der Waals surface area contributed by atoms with Crippen LogP contribution >= 0.6 is 35.7 Å². The maximum absolute atomic E-state index is 12.9. The minimum Gasteiger partial charge on any atom is -0.356 e. The third kappa shape index (κ3) is 8.42. The first kappa shape index (κ1) is 25.4. The largest absolute Gasteiger partial charge is 0.356 e. The van der Waals surface area contributed by atoms with E-state index < -0.39 is 10.0 Å². The fraction of sp³-hybridized carbons (Fsp3) is 0.611. The van der Waals surface area contributed by atoms with E-state index in [1.165, 1.54) is 12.1 Å². The second-order valence-electron chi connectivity index (χ2n) is 6.44. The molecule has 2 N–H and O–H groups in total. The summed E-state index contributed by atoms with van der Waals surface area (Å²) >= 11 is 1.65. The molecule has 1 aromatic carbocycles. The van der Waals surface area contributed by atoms with Crippen molar-refractivity contribution in [3.63, 3.8) is 0 Å². The number of nitrogens with zero attached hydrogens (tertiary/aromatic N) is 2. The van der Waals surface area contributed by atoms with Crippen molar-refractivity contribution in [1.82, 2.24) is 14.9 Å². The summed E-state index contributed by atoms with van der Waals surface area (Å²) in [4.78, 5) is 5.27. The standard InChI is InChI=1S/C18H29FN4O2S2.HI/c1-3-14-27(24,25)23-11-8-16(9-12-23)22-18(20-2)21-10-13-26-17-6-4-15(19)5-7-17;/h4-7,16H,3,8-14H2,1-2H3,(H2,20,21,22);1H. The van der Waals surface area contributed by atoms with Gasteiger partial charge in [0.1, 0.15) is 5.82 Å². The van der Waals surface area contributed by atoms with Gasteiger partial charge in [-0.3, -0.25) is 4.99 Å². The zero-order valence-electron chi connectivity index (χ0n) is 16.4. The number of hydrogen-bond acceptors (Lipinski definition) is 4. The first-order chi connectivity index (χ1) is 12.9. The van der Waals surface area contributed by atoms with Crippen LogP contribution in [-0.2, 0) is 10.0 Å². The monoisotopic (exact) mass is 544 g/mol. The molecule has 1 heterocycles. The second kappa shape index (κ2) is 12.9. The summed E-state index contributed by atoms with van der Waals surface area (Å²) in [6.07, 6.45) is 2.19. The summed E-state index contributed by atoms with van der Waals surface area (Å²) in [6, 6.07) is 6.68. The number of nitrogens with one attached hydrogen (secondary N) is 2. The van der Waals surface area contributed by atoms with Crippen LogP contribution in [0.15, 0.2) is 34.2 Å². The van der Waals surface area contributed by atoms with E-state index in [2.05, 4.69) is 15.6 Å². The van der Waals surface area contributed by atoms with Crippen LogP contribution in [-0.4, -0.2) is 62.9 Å². The van der Waals surface area contributed by atoms with Gasteiger partial charge in [0, 0.05) is 43.4 Å². The maximum Gasteiger partial charge on any atom is 0.214 e. The number of hydrogen-bond donors (Lipinski definition) is 2. The summed E-state index contributed by atoms with van der Waals surface area (Å²) in [5.74, 6) is 1.56. The number of halogens is 2. The Morgan fingerprint density at radius 1 is 1.29 bits per heavy atom. The van der Waals surface area contributed by atoms with Crippen LogP contribution in [0.5, 0.6) is 0 Å². The molecule has 0 unspecified atom stereocenters. The quantitative estimate of drug-likeness (QED) is 0.173. The SMILES string of the molecule is CCCS(=O)(=O)N1CCC(NC(=NC)NCCSc2ccc(F)cc2)CC1.I. The van der Waals surface area contributed by atoms with Gasteiger partial charge in [-0.2, -0.15) is 0 Å². The Bertz CT molecular complexity index is 709. The Balaban J connectivity index is 0.00000392. The molecule has 1 aliphatic rings. The van der Waals surface area contributed by atoms with Gasteiger partial charge in [-0.05, 0) is 43.5 Å². The van der Waals surface area contributed by atoms with E-state index >= 15 is 0 Å². The molecule has 1 aromatic rings. The van der Waals surface area contributed by atoms with E-state index in [9.17, 15) is 12.8 Å². The Hall–Kier alpha value is -0.590. The number of rotatable bonds is 8. The molecule has 1 aliphatic heterocycles. The Morgan fingerprint density at radius 3 is 2.50 bits per heavy atom. The van der Waals surface area contributed by atoms with Gasteiger partial charge in [-0.1, -0.05) is 6.92 Å². The van der Waals surface area contributed by atoms with Crippen molar-refractivity contribution in [2.24, 2.45) is 4.99 Å². The highest BCUT2D eigenvalue weighted by molar-refractivity contribution is 14.0. The molecule has 28 heavy (non-hydrogen) atoms. The van der Waals surface area contributed by atoms with E-state index in [-0.39, 0.29) is 41.6 Å². The van der Waals surface area contributed by atoms with Gasteiger partial charge in [-0.25, -0.2) is 17.1 Å². The summed E-state index contributed by atoms with van der Waals surface area (Å²) in [5, 5.41) is 6.65. The van der Waals surface area contributed by atoms with Crippen LogP contribution < -0.4 is 10.6 Å². The number of piperidine rings is 1. The van der Waals surface area contributed by atoms with Crippen LogP contribution in [0.2, 0.25) is 0 Å². The lowest BCUT2D eigenvalue weighted by atomic mass is 10.1. The summed E-state index contributed by atoms with van der Waals surface area (Å²) in [5.41, 5.74) is 0. The van der Waals surface area contributed by atoms with E-state index in [0.717, 1.165) is 36.0 Å². The topological polar surface area (TPSA) is 73.8 Å². The van der Waals surface area contributed by atoms with Crippen LogP contribution in [0, 0.1) is 5.82 Å². The smallest absolute Gasteiger partial charge is 0.214 e. The van der Waals surface area contributed by atoms with Crippen molar-refractivity contribution in [1.29, 1.82) is 0 Å². The van der Waals surface area contributed by atoms with Crippen molar-refractivity contribution in [2.45, 2.75) is 37.1 Å². The molecule has 0 bridgehead atoms. The molecule has 0 amide bonds. The number of aliphatic imine (C=N–C) groups is 1. The molecule has 1 saturated heterocycles. The van der Waals surface area contributed by atoms with E-state index in [1.54, 1.807) is 35.2 Å². The number of thioether (sulfide) groups is 1. The molecule has 0 spiro atoms. The lowest BCUT2D eigenvalue weighted by molar-refractivity contribution is 0.306. The Morgan fingerprint density at radius 2 is 1.93 bits per heavy atom. The Labute approximate surface area is 189 Å². The zero-order valence-corrected chi connectivity index (χ0v) is 20.3. The molecule has 0 aliphatic carbocycles. The first-order valence-corrected chi connectivity index (χ1v) is 11.9. The zero-order chi connectivity index (χ0) is 19.7. The van der Waals surface area contributed by atoms with Crippen LogP contribution in [0.4, 0.5) is 4.39 Å². The van der Waals surface area contributed by atoms with Crippen LogP contribution in [0.1, 0.15) is 26.2 Å². The second-order valence-corrected chi connectivity index (χ2v) is 9.69. The van der Waals surface area contributed by atoms with Gasteiger partial charge >= 0.3 is 0 Å². The van der Waals surface area contributed by atoms with Gasteiger partial charge < -0.3 is 10.6 Å². The highest BCUT2D eigenvalue weighted by Crippen LogP contribution is 2.17. The molecular formula is C18H30FIN4O2S2. The summed E-state index contributed by atoms with van der Waals surface area (Å²) < 4.78 is 38.8. The van der Waals surface area contributed by atoms with Gasteiger partial charge in [0.05, 0.1) is 5.75 Å². The molecule has 2 rings (SSSR count). The number of sulfonamides is 1. The average molecular weight is 545 g/mol. The lowest BCUT2D eigenvalue weighted by Crippen LogP contribution is -2.50. The van der Waals surface area contributed by atoms with Gasteiger partial charge in [-0.15, -0.1) is 35.7 Å². The fourth-order valence-corrected chi connectivity index (χ4v) is 5.23. The third-order valence-electron chi connectivity index (χ3n) is 4.35. The Kier molecular flexibility index (Phi) is 11.7. The third-order valence-corrected chi connectivity index (χ3v) is 7.44.